The highest BCUT2D eigenvalue weighted by atomic mass is 32.2. The summed E-state index contributed by atoms with van der Waals surface area (Å²) in [7, 11) is -3.09. The van der Waals surface area contributed by atoms with E-state index in [-0.39, 0.29) is 28.7 Å². The molecule has 0 aliphatic carbocycles. The van der Waals surface area contributed by atoms with Crippen LogP contribution in [0.3, 0.4) is 0 Å². The number of rotatable bonds is 5. The number of hydrogen-bond acceptors (Lipinski definition) is 4. The zero-order valence-corrected chi connectivity index (χ0v) is 10.8. The lowest BCUT2D eigenvalue weighted by molar-refractivity contribution is 0.339. The molecule has 1 rings (SSSR count). The van der Waals surface area contributed by atoms with Crippen LogP contribution in [-0.2, 0) is 9.84 Å². The first-order valence-electron chi connectivity index (χ1n) is 4.69. The normalized spacial score (nSPS) is 11.2. The Labute approximate surface area is 104 Å². The first-order chi connectivity index (χ1) is 7.79. The summed E-state index contributed by atoms with van der Waals surface area (Å²) in [5, 5.41) is 0. The number of thiocarbonyl (C=S) groups is 1. The molecule has 0 aliphatic rings. The number of sulfone groups is 1. The predicted molar refractivity (Wildman–Crippen MR) is 67.5 cm³/mol. The average molecular weight is 277 g/mol. The van der Waals surface area contributed by atoms with Crippen molar-refractivity contribution in [1.82, 2.24) is 0 Å². The van der Waals surface area contributed by atoms with Gasteiger partial charge in [-0.15, -0.1) is 0 Å². The third-order valence-corrected chi connectivity index (χ3v) is 3.06. The second-order valence-electron chi connectivity index (χ2n) is 3.48. The summed E-state index contributed by atoms with van der Waals surface area (Å²) in [6.07, 6.45) is 1.10. The summed E-state index contributed by atoms with van der Waals surface area (Å²) in [4.78, 5) is -0.0369. The van der Waals surface area contributed by atoms with Crippen molar-refractivity contribution in [3.63, 3.8) is 0 Å². The van der Waals surface area contributed by atoms with Gasteiger partial charge in [-0.25, -0.2) is 12.8 Å². The van der Waals surface area contributed by atoms with Crippen molar-refractivity contribution in [2.24, 2.45) is 5.73 Å². The summed E-state index contributed by atoms with van der Waals surface area (Å²) in [5.41, 5.74) is 5.43. The molecule has 0 radical (unpaired) electrons. The molecule has 17 heavy (non-hydrogen) atoms. The Hall–Kier alpha value is -1.21. The van der Waals surface area contributed by atoms with Crippen molar-refractivity contribution >= 4 is 27.0 Å². The molecule has 7 heteroatoms. The van der Waals surface area contributed by atoms with Crippen LogP contribution in [0.2, 0.25) is 0 Å². The summed E-state index contributed by atoms with van der Waals surface area (Å²) >= 11 is 4.65. The number of ether oxygens (including phenoxy) is 1. The second-order valence-corrected chi connectivity index (χ2v) is 6.18. The van der Waals surface area contributed by atoms with Gasteiger partial charge in [0.15, 0.2) is 9.84 Å². The largest absolute Gasteiger partial charge is 0.492 e. The molecule has 0 amide bonds. The zero-order chi connectivity index (χ0) is 13.1. The number of nitrogens with two attached hydrogens (primary N) is 1. The van der Waals surface area contributed by atoms with E-state index in [9.17, 15) is 12.8 Å². The molecule has 0 aliphatic heterocycles. The van der Waals surface area contributed by atoms with Crippen molar-refractivity contribution in [1.29, 1.82) is 0 Å². The smallest absolute Gasteiger partial charge is 0.150 e. The molecule has 0 saturated heterocycles. The Bertz CT molecular complexity index is 528. The SMILES string of the molecule is CS(=O)(=O)CCOc1ccc(C(N)=S)c(F)c1. The van der Waals surface area contributed by atoms with Crippen LogP contribution in [0.4, 0.5) is 4.39 Å². The van der Waals surface area contributed by atoms with E-state index in [0.29, 0.717) is 0 Å². The van der Waals surface area contributed by atoms with Crippen molar-refractivity contribution in [3.8, 4) is 5.75 Å². The maximum Gasteiger partial charge on any atom is 0.150 e. The Morgan fingerprint density at radius 1 is 1.53 bits per heavy atom. The van der Waals surface area contributed by atoms with Crippen LogP contribution in [0.15, 0.2) is 18.2 Å². The predicted octanol–water partition coefficient (Wildman–Crippen LogP) is 0.883. The summed E-state index contributed by atoms with van der Waals surface area (Å²) in [6, 6.07) is 4.00. The molecule has 0 saturated carbocycles. The van der Waals surface area contributed by atoms with Crippen molar-refractivity contribution in [2.45, 2.75) is 0 Å². The van der Waals surface area contributed by atoms with Crippen LogP contribution in [0.1, 0.15) is 5.56 Å². The molecule has 0 bridgehead atoms. The molecule has 0 heterocycles. The van der Waals surface area contributed by atoms with E-state index in [1.165, 1.54) is 12.1 Å². The number of benzene rings is 1. The van der Waals surface area contributed by atoms with Gasteiger partial charge in [-0.2, -0.15) is 0 Å². The van der Waals surface area contributed by atoms with E-state index in [1.54, 1.807) is 0 Å². The molecule has 2 N–H and O–H groups in total. The van der Waals surface area contributed by atoms with Crippen LogP contribution in [0, 0.1) is 5.82 Å². The van der Waals surface area contributed by atoms with Crippen LogP contribution in [0.5, 0.6) is 5.75 Å². The molecular formula is C10H12FNO3S2. The summed E-state index contributed by atoms with van der Waals surface area (Å²) in [5.74, 6) is -0.466. The maximum atomic E-state index is 13.4. The van der Waals surface area contributed by atoms with Gasteiger partial charge >= 0.3 is 0 Å². The topological polar surface area (TPSA) is 69.4 Å². The van der Waals surface area contributed by atoms with E-state index in [4.69, 9.17) is 10.5 Å². The first-order valence-corrected chi connectivity index (χ1v) is 7.16. The fraction of sp³-hybridized carbons (Fsp3) is 0.300. The Balaban J connectivity index is 2.68. The quantitative estimate of drug-likeness (QED) is 0.809. The van der Waals surface area contributed by atoms with Crippen LogP contribution < -0.4 is 10.5 Å². The minimum Gasteiger partial charge on any atom is -0.492 e. The van der Waals surface area contributed by atoms with Gasteiger partial charge < -0.3 is 10.5 Å². The van der Waals surface area contributed by atoms with Crippen LogP contribution in [0.25, 0.3) is 0 Å². The third-order valence-electron chi connectivity index (χ3n) is 1.93. The zero-order valence-electron chi connectivity index (χ0n) is 9.14. The highest BCUT2D eigenvalue weighted by Crippen LogP contribution is 2.16. The molecule has 0 unspecified atom stereocenters. The van der Waals surface area contributed by atoms with Crippen molar-refractivity contribution in [2.75, 3.05) is 18.6 Å². The molecule has 94 valence electrons. The fourth-order valence-electron chi connectivity index (χ4n) is 1.10. The minimum absolute atomic E-state index is 0.0231. The van der Waals surface area contributed by atoms with Crippen molar-refractivity contribution in [3.05, 3.63) is 29.6 Å². The molecule has 1 aromatic carbocycles. The van der Waals surface area contributed by atoms with Gasteiger partial charge in [0.1, 0.15) is 23.2 Å². The van der Waals surface area contributed by atoms with E-state index in [1.807, 2.05) is 0 Å². The second kappa shape index (κ2) is 5.42. The average Bonchev–Trinajstić information content (AvgIpc) is 2.15. The monoisotopic (exact) mass is 277 g/mol. The van der Waals surface area contributed by atoms with Gasteiger partial charge in [-0.05, 0) is 12.1 Å². The minimum atomic E-state index is -3.09. The van der Waals surface area contributed by atoms with E-state index in [2.05, 4.69) is 12.2 Å². The number of hydrogen-bond donors (Lipinski definition) is 1. The number of halogens is 1. The Morgan fingerprint density at radius 3 is 2.65 bits per heavy atom. The summed E-state index contributed by atoms with van der Waals surface area (Å²) < 4.78 is 40.2. The van der Waals surface area contributed by atoms with Crippen LogP contribution >= 0.6 is 12.2 Å². The lowest BCUT2D eigenvalue weighted by atomic mass is 10.2. The van der Waals surface area contributed by atoms with Gasteiger partial charge in [0.05, 0.1) is 5.75 Å². The highest BCUT2D eigenvalue weighted by Gasteiger charge is 2.07. The molecule has 0 aromatic heterocycles. The molecule has 0 spiro atoms. The van der Waals surface area contributed by atoms with Gasteiger partial charge in [0.25, 0.3) is 0 Å². The van der Waals surface area contributed by atoms with Crippen LogP contribution in [-0.4, -0.2) is 32.0 Å². The lowest BCUT2D eigenvalue weighted by Gasteiger charge is -2.07. The van der Waals surface area contributed by atoms with Crippen molar-refractivity contribution < 1.29 is 17.5 Å². The first kappa shape index (κ1) is 13.9. The molecule has 0 atom stereocenters. The highest BCUT2D eigenvalue weighted by molar-refractivity contribution is 7.90. The maximum absolute atomic E-state index is 13.4. The fourth-order valence-corrected chi connectivity index (χ4v) is 1.65. The Kier molecular flexibility index (Phi) is 4.41. The van der Waals surface area contributed by atoms with E-state index in [0.717, 1.165) is 12.3 Å². The summed E-state index contributed by atoms with van der Waals surface area (Å²) in [6.45, 7) is -0.0231. The molecule has 4 nitrogen and oxygen atoms in total. The van der Waals surface area contributed by atoms with E-state index >= 15 is 0 Å². The third kappa shape index (κ3) is 4.66. The standard InChI is InChI=1S/C10H12FNO3S2/c1-17(13,14)5-4-15-7-2-3-8(10(12)16)9(11)6-7/h2-3,6H,4-5H2,1H3,(H2,12,16). The molecule has 0 fully saturated rings. The van der Waals surface area contributed by atoms with Gasteiger partial charge in [-0.1, -0.05) is 12.2 Å². The van der Waals surface area contributed by atoms with Gasteiger partial charge in [-0.3, -0.25) is 0 Å². The Morgan fingerprint density at radius 2 is 2.18 bits per heavy atom. The van der Waals surface area contributed by atoms with Gasteiger partial charge in [0, 0.05) is 17.9 Å². The van der Waals surface area contributed by atoms with Gasteiger partial charge in [0.2, 0.25) is 0 Å². The molecular weight excluding hydrogens is 265 g/mol. The lowest BCUT2D eigenvalue weighted by Crippen LogP contribution is -2.13. The van der Waals surface area contributed by atoms with E-state index < -0.39 is 15.7 Å². The molecule has 1 aromatic rings.